The Bertz CT molecular complexity index is 987. The molecule has 0 radical (unpaired) electrons. The van der Waals surface area contributed by atoms with Crippen molar-refractivity contribution >= 4 is 23.2 Å². The highest BCUT2D eigenvalue weighted by molar-refractivity contribution is 6.31. The van der Waals surface area contributed by atoms with Gasteiger partial charge in [-0.05, 0) is 31.5 Å². The summed E-state index contributed by atoms with van der Waals surface area (Å²) in [5.41, 5.74) is 2.48. The van der Waals surface area contributed by atoms with Gasteiger partial charge in [-0.25, -0.2) is 4.98 Å². The van der Waals surface area contributed by atoms with E-state index in [1.807, 2.05) is 36.4 Å². The first kappa shape index (κ1) is 21.1. The van der Waals surface area contributed by atoms with Crippen LogP contribution in [0.4, 0.5) is 0 Å². The lowest BCUT2D eigenvalue weighted by atomic mass is 10.1. The number of aliphatic hydroxyl groups excluding tert-OH is 1. The van der Waals surface area contributed by atoms with Crippen LogP contribution < -0.4 is 10.1 Å². The molecule has 3 aromatic rings. The van der Waals surface area contributed by atoms with Crippen LogP contribution in [0.25, 0.3) is 5.65 Å². The summed E-state index contributed by atoms with van der Waals surface area (Å²) in [5.74, 6) is 0.313. The predicted molar refractivity (Wildman–Crippen MR) is 114 cm³/mol. The number of ether oxygens (including phenoxy) is 1. The second-order valence-corrected chi connectivity index (χ2v) is 7.39. The van der Waals surface area contributed by atoms with Crippen LogP contribution in [0.1, 0.15) is 47.9 Å². The van der Waals surface area contributed by atoms with Gasteiger partial charge >= 0.3 is 0 Å². The zero-order valence-electron chi connectivity index (χ0n) is 16.7. The molecule has 0 aliphatic heterocycles. The van der Waals surface area contributed by atoms with Gasteiger partial charge in [0, 0.05) is 16.8 Å². The van der Waals surface area contributed by atoms with Gasteiger partial charge in [0.15, 0.2) is 11.4 Å². The van der Waals surface area contributed by atoms with Crippen molar-refractivity contribution < 1.29 is 14.6 Å². The lowest BCUT2D eigenvalue weighted by molar-refractivity contribution is 0.0905. The van der Waals surface area contributed by atoms with Crippen molar-refractivity contribution in [2.75, 3.05) is 6.61 Å². The number of rotatable bonds is 9. The third-order valence-electron chi connectivity index (χ3n) is 4.81. The first-order valence-electron chi connectivity index (χ1n) is 9.80. The van der Waals surface area contributed by atoms with Crippen LogP contribution in [0, 0.1) is 6.92 Å². The number of pyridine rings is 1. The molecule has 0 saturated carbocycles. The first-order valence-corrected chi connectivity index (χ1v) is 10.2. The van der Waals surface area contributed by atoms with E-state index in [0.29, 0.717) is 34.4 Å². The summed E-state index contributed by atoms with van der Waals surface area (Å²) in [6.07, 6.45) is 4.47. The van der Waals surface area contributed by atoms with Crippen molar-refractivity contribution in [3.8, 4) is 5.75 Å². The molecule has 2 aromatic heterocycles. The number of aryl methyl sites for hydroxylation is 1. The SMILES string of the molecule is CCCCC(CO)NC(=O)c1c(C)nc2c(OCc3ccccc3Cl)cccn12. The Morgan fingerprint density at radius 3 is 2.83 bits per heavy atom. The van der Waals surface area contributed by atoms with Crippen LogP contribution in [0.5, 0.6) is 5.75 Å². The van der Waals surface area contributed by atoms with Gasteiger partial charge in [-0.2, -0.15) is 0 Å². The van der Waals surface area contributed by atoms with Crippen molar-refractivity contribution in [3.63, 3.8) is 0 Å². The van der Waals surface area contributed by atoms with Crippen molar-refractivity contribution in [2.45, 2.75) is 45.8 Å². The first-order chi connectivity index (χ1) is 14.0. The Balaban J connectivity index is 1.83. The minimum absolute atomic E-state index is 0.0896. The van der Waals surface area contributed by atoms with Crippen molar-refractivity contribution in [1.29, 1.82) is 0 Å². The lowest BCUT2D eigenvalue weighted by Gasteiger charge is -2.16. The minimum Gasteiger partial charge on any atom is -0.485 e. The number of amides is 1. The van der Waals surface area contributed by atoms with E-state index in [9.17, 15) is 9.90 Å². The summed E-state index contributed by atoms with van der Waals surface area (Å²) >= 11 is 6.20. The number of aromatic nitrogens is 2. The number of nitrogens with zero attached hydrogens (tertiary/aromatic N) is 2. The van der Waals surface area contributed by atoms with Crippen LogP contribution in [0.3, 0.4) is 0 Å². The van der Waals surface area contributed by atoms with E-state index in [-0.39, 0.29) is 18.6 Å². The lowest BCUT2D eigenvalue weighted by Crippen LogP contribution is -2.38. The Morgan fingerprint density at radius 1 is 1.31 bits per heavy atom. The van der Waals surface area contributed by atoms with Crippen molar-refractivity contribution in [2.24, 2.45) is 0 Å². The number of hydrogen-bond donors (Lipinski definition) is 2. The maximum Gasteiger partial charge on any atom is 0.270 e. The Morgan fingerprint density at radius 2 is 2.10 bits per heavy atom. The molecule has 2 heterocycles. The van der Waals surface area contributed by atoms with Gasteiger partial charge in [0.1, 0.15) is 12.3 Å². The van der Waals surface area contributed by atoms with Crippen LogP contribution in [0.2, 0.25) is 5.02 Å². The van der Waals surface area contributed by atoms with Gasteiger partial charge in [0.2, 0.25) is 0 Å². The van der Waals surface area contributed by atoms with Crippen LogP contribution >= 0.6 is 11.6 Å². The Labute approximate surface area is 175 Å². The van der Waals surface area contributed by atoms with E-state index >= 15 is 0 Å². The smallest absolute Gasteiger partial charge is 0.270 e. The maximum atomic E-state index is 12.9. The molecule has 29 heavy (non-hydrogen) atoms. The normalized spacial score (nSPS) is 12.1. The number of halogens is 1. The molecule has 3 rings (SSSR count). The molecule has 1 unspecified atom stereocenters. The molecule has 0 aliphatic carbocycles. The number of carbonyl (C=O) groups is 1. The molecule has 0 spiro atoms. The molecule has 7 heteroatoms. The highest BCUT2D eigenvalue weighted by Crippen LogP contribution is 2.24. The summed E-state index contributed by atoms with van der Waals surface area (Å²) in [6.45, 7) is 4.08. The van der Waals surface area contributed by atoms with E-state index in [4.69, 9.17) is 16.3 Å². The molecule has 0 bridgehead atoms. The Kier molecular flexibility index (Phi) is 7.12. The minimum atomic E-state index is -0.271. The fourth-order valence-corrected chi connectivity index (χ4v) is 3.42. The molecule has 2 N–H and O–H groups in total. The van der Waals surface area contributed by atoms with Gasteiger partial charge in [-0.1, -0.05) is 49.6 Å². The number of aliphatic hydroxyl groups is 1. The van der Waals surface area contributed by atoms with Crippen LogP contribution in [-0.4, -0.2) is 33.0 Å². The summed E-state index contributed by atoms with van der Waals surface area (Å²) in [5, 5.41) is 13.1. The van der Waals surface area contributed by atoms with E-state index in [0.717, 1.165) is 24.8 Å². The molecule has 6 nitrogen and oxygen atoms in total. The molecule has 1 amide bonds. The third kappa shape index (κ3) is 4.89. The molecular weight excluding hydrogens is 390 g/mol. The van der Waals surface area contributed by atoms with Gasteiger partial charge in [0.25, 0.3) is 5.91 Å². The monoisotopic (exact) mass is 415 g/mol. The van der Waals surface area contributed by atoms with Gasteiger partial charge in [0.05, 0.1) is 18.3 Å². The maximum absolute atomic E-state index is 12.9. The zero-order valence-corrected chi connectivity index (χ0v) is 17.4. The highest BCUT2D eigenvalue weighted by Gasteiger charge is 2.21. The number of nitrogens with one attached hydrogen (secondary N) is 1. The summed E-state index contributed by atoms with van der Waals surface area (Å²) < 4.78 is 7.67. The van der Waals surface area contributed by atoms with E-state index < -0.39 is 0 Å². The topological polar surface area (TPSA) is 75.9 Å². The summed E-state index contributed by atoms with van der Waals surface area (Å²) in [7, 11) is 0. The standard InChI is InChI=1S/C22H26ClN3O3/c1-3-4-9-17(13-27)25-22(28)20-15(2)24-21-19(11-7-12-26(20)21)29-14-16-8-5-6-10-18(16)23/h5-8,10-12,17,27H,3-4,9,13-14H2,1-2H3,(H,25,28). The van der Waals surface area contributed by atoms with E-state index in [1.165, 1.54) is 0 Å². The quantitative estimate of drug-likeness (QED) is 0.550. The fourth-order valence-electron chi connectivity index (χ4n) is 3.23. The second kappa shape index (κ2) is 9.76. The molecule has 0 fully saturated rings. The average Bonchev–Trinajstić information content (AvgIpc) is 3.06. The number of fused-ring (bicyclic) bond motifs is 1. The molecule has 1 aromatic carbocycles. The second-order valence-electron chi connectivity index (χ2n) is 6.99. The van der Waals surface area contributed by atoms with Gasteiger partial charge in [-0.3, -0.25) is 9.20 Å². The predicted octanol–water partition coefficient (Wildman–Crippen LogP) is 4.16. The van der Waals surface area contributed by atoms with Crippen molar-refractivity contribution in [1.82, 2.24) is 14.7 Å². The molecule has 0 aliphatic rings. The number of hydrogen-bond acceptors (Lipinski definition) is 4. The zero-order chi connectivity index (χ0) is 20.8. The number of carbonyl (C=O) groups excluding carboxylic acids is 1. The molecule has 0 saturated heterocycles. The molecule has 1 atom stereocenters. The van der Waals surface area contributed by atoms with Gasteiger partial charge < -0.3 is 15.2 Å². The fraction of sp³-hybridized carbons (Fsp3) is 0.364. The molecular formula is C22H26ClN3O3. The van der Waals surface area contributed by atoms with Crippen molar-refractivity contribution in [3.05, 3.63) is 64.6 Å². The number of benzene rings is 1. The molecule has 154 valence electrons. The summed E-state index contributed by atoms with van der Waals surface area (Å²) in [4.78, 5) is 17.4. The van der Waals surface area contributed by atoms with E-state index in [1.54, 1.807) is 17.5 Å². The number of imidazole rings is 1. The number of unbranched alkanes of at least 4 members (excludes halogenated alkanes) is 1. The Hall–Kier alpha value is -2.57. The van der Waals surface area contributed by atoms with Gasteiger partial charge in [-0.15, -0.1) is 0 Å². The van der Waals surface area contributed by atoms with Crippen LogP contribution in [-0.2, 0) is 6.61 Å². The van der Waals surface area contributed by atoms with Crippen LogP contribution in [0.15, 0.2) is 42.6 Å². The van der Waals surface area contributed by atoms with E-state index in [2.05, 4.69) is 17.2 Å². The third-order valence-corrected chi connectivity index (χ3v) is 5.18. The largest absolute Gasteiger partial charge is 0.485 e. The highest BCUT2D eigenvalue weighted by atomic mass is 35.5. The average molecular weight is 416 g/mol. The summed E-state index contributed by atoms with van der Waals surface area (Å²) in [6, 6.07) is 10.9.